The molecule has 1 aromatic carbocycles. The lowest BCUT2D eigenvalue weighted by Gasteiger charge is -2.40. The Bertz CT molecular complexity index is 1820. The first-order valence-corrected chi connectivity index (χ1v) is 21.9. The monoisotopic (exact) mass is 848 g/mol. The van der Waals surface area contributed by atoms with Gasteiger partial charge in [-0.2, -0.15) is 0 Å². The van der Waals surface area contributed by atoms with Gasteiger partial charge >= 0.3 is 12.1 Å². The molecule has 3 heterocycles. The number of likely N-dealkylation sites (tertiary alicyclic amines) is 2. The van der Waals surface area contributed by atoms with Gasteiger partial charge in [-0.25, -0.2) is 9.59 Å². The molecule has 5 atom stereocenters. The van der Waals surface area contributed by atoms with Gasteiger partial charge in [0.2, 0.25) is 23.5 Å². The van der Waals surface area contributed by atoms with Gasteiger partial charge in [0.15, 0.2) is 11.6 Å². The van der Waals surface area contributed by atoms with Crippen molar-refractivity contribution in [1.29, 1.82) is 0 Å². The van der Waals surface area contributed by atoms with Gasteiger partial charge in [0.1, 0.15) is 12.1 Å². The summed E-state index contributed by atoms with van der Waals surface area (Å²) in [6, 6.07) is 4.18. The number of benzene rings is 1. The van der Waals surface area contributed by atoms with E-state index in [1.54, 1.807) is 31.7 Å². The lowest BCUT2D eigenvalue weighted by atomic mass is 9.80. The number of fused-ring (bicyclic) bond motifs is 1. The molecule has 0 bridgehead atoms. The van der Waals surface area contributed by atoms with Crippen LogP contribution in [0.2, 0.25) is 0 Å². The maximum atomic E-state index is 14.8. The molecule has 2 fully saturated rings. The van der Waals surface area contributed by atoms with E-state index in [4.69, 9.17) is 4.74 Å². The van der Waals surface area contributed by atoms with Crippen molar-refractivity contribution in [3.63, 3.8) is 0 Å². The number of carbonyl (C=O) groups excluding carboxylic acids is 8. The van der Waals surface area contributed by atoms with Crippen LogP contribution in [0.1, 0.15) is 131 Å². The standard InChI is InChI=1S/C47H69N5O9/c1-11-13-17-31(40(57)35(53)20-14-12-2)23-36(54)34-24-33(61-44(60)50-22-21-30-18-15-16-19-32(30)27-50)28-51(34)42(58)41(46(6,7)8)49-43(59)48-37(45(3,4)5)29-52-38(55)25-47(9,10)26-39(52)56/h12,15-16,18-19,31,33-34,37,41H,2,11,13-14,17,20-29H2,1,3-10H3,(H2,48,49,59)/t31?,33-,34+,37-,41-/m1/s1. The number of piperidine rings is 1. The Morgan fingerprint density at radius 1 is 0.951 bits per heavy atom. The van der Waals surface area contributed by atoms with Crippen LogP contribution in [-0.2, 0) is 46.5 Å². The summed E-state index contributed by atoms with van der Waals surface area (Å²) in [5.74, 6) is -3.72. The van der Waals surface area contributed by atoms with Crippen LogP contribution in [0.3, 0.4) is 0 Å². The highest BCUT2D eigenvalue weighted by molar-refractivity contribution is 6.38. The Kier molecular flexibility index (Phi) is 16.3. The van der Waals surface area contributed by atoms with Crippen molar-refractivity contribution in [2.24, 2.45) is 22.2 Å². The topological polar surface area (TPSA) is 180 Å². The number of Topliss-reactive ketones (excluding diaryl/α,β-unsaturated/α-hetero) is 3. The molecule has 0 radical (unpaired) electrons. The van der Waals surface area contributed by atoms with Gasteiger partial charge in [0.25, 0.3) is 0 Å². The van der Waals surface area contributed by atoms with Gasteiger partial charge in [-0.3, -0.25) is 33.7 Å². The Hall–Kier alpha value is -4.88. The number of allylic oxidation sites excluding steroid dienone is 1. The van der Waals surface area contributed by atoms with Gasteiger partial charge < -0.3 is 25.2 Å². The molecular weight excluding hydrogens is 779 g/mol. The van der Waals surface area contributed by atoms with Crippen LogP contribution in [0, 0.1) is 22.2 Å². The van der Waals surface area contributed by atoms with E-state index < -0.39 is 81.8 Å². The van der Waals surface area contributed by atoms with Crippen molar-refractivity contribution in [1.82, 2.24) is 25.3 Å². The fraction of sp³-hybridized carbons (Fsp3) is 0.660. The second kappa shape index (κ2) is 20.3. The predicted octanol–water partition coefficient (Wildman–Crippen LogP) is 6.32. The molecule has 1 aromatic rings. The number of urea groups is 1. The number of ketones is 3. The minimum Gasteiger partial charge on any atom is -0.444 e. The second-order valence-electron chi connectivity index (χ2n) is 20.1. The van der Waals surface area contributed by atoms with Crippen LogP contribution in [0.4, 0.5) is 9.59 Å². The van der Waals surface area contributed by atoms with Crippen LogP contribution >= 0.6 is 0 Å². The SMILES string of the molecule is C=CCCC(=O)C(=O)C(CCCC)CC(=O)[C@@H]1C[C@@H](OC(=O)N2CCc3ccccc3C2)CN1C(=O)[C@@H](NC(=O)N[C@H](CN1C(=O)CC(C)(C)CC1=O)C(C)(C)C)C(C)(C)C. The number of ether oxygens (including phenoxy) is 1. The molecule has 0 aliphatic carbocycles. The summed E-state index contributed by atoms with van der Waals surface area (Å²) in [5, 5.41) is 5.77. The predicted molar refractivity (Wildman–Crippen MR) is 231 cm³/mol. The molecular formula is C47H69N5O9. The first kappa shape index (κ1) is 48.8. The maximum Gasteiger partial charge on any atom is 0.410 e. The van der Waals surface area contributed by atoms with Crippen LogP contribution in [-0.4, -0.2) is 106 Å². The van der Waals surface area contributed by atoms with Crippen LogP contribution in [0.5, 0.6) is 0 Å². The Balaban J connectivity index is 1.59. The number of imide groups is 1. The molecule has 0 saturated carbocycles. The average molecular weight is 848 g/mol. The molecule has 14 heteroatoms. The van der Waals surface area contributed by atoms with Crippen molar-refractivity contribution >= 4 is 47.2 Å². The third kappa shape index (κ3) is 13.1. The lowest BCUT2D eigenvalue weighted by molar-refractivity contribution is -0.153. The summed E-state index contributed by atoms with van der Waals surface area (Å²) < 4.78 is 6.02. The van der Waals surface area contributed by atoms with Crippen molar-refractivity contribution < 1.29 is 43.1 Å². The molecule has 3 aliphatic rings. The molecule has 6 amide bonds. The number of amides is 6. The summed E-state index contributed by atoms with van der Waals surface area (Å²) in [6.45, 7) is 20.9. The van der Waals surface area contributed by atoms with Crippen molar-refractivity contribution in [3.05, 3.63) is 48.0 Å². The molecule has 1 unspecified atom stereocenters. The first-order chi connectivity index (χ1) is 28.4. The number of nitrogens with zero attached hydrogens (tertiary/aromatic N) is 3. The normalized spacial score (nSPS) is 20.6. The highest BCUT2D eigenvalue weighted by Crippen LogP contribution is 2.34. The van der Waals surface area contributed by atoms with Gasteiger partial charge in [-0.1, -0.05) is 105 Å². The minimum absolute atomic E-state index is 0.00786. The maximum absolute atomic E-state index is 14.8. The Morgan fingerprint density at radius 2 is 1.59 bits per heavy atom. The second-order valence-corrected chi connectivity index (χ2v) is 20.1. The third-order valence-electron chi connectivity index (χ3n) is 12.1. The van der Waals surface area contributed by atoms with E-state index in [1.165, 1.54) is 9.80 Å². The number of nitrogens with one attached hydrogen (secondary N) is 2. The van der Waals surface area contributed by atoms with Gasteiger partial charge in [-0.15, -0.1) is 6.58 Å². The largest absolute Gasteiger partial charge is 0.444 e. The summed E-state index contributed by atoms with van der Waals surface area (Å²) in [6.07, 6.45) is 2.86. The first-order valence-electron chi connectivity index (χ1n) is 21.9. The fourth-order valence-electron chi connectivity index (χ4n) is 8.32. The molecule has 0 aromatic heterocycles. The van der Waals surface area contributed by atoms with Crippen molar-refractivity contribution in [2.45, 2.75) is 157 Å². The molecule has 0 spiro atoms. The molecule has 336 valence electrons. The molecule has 2 N–H and O–H groups in total. The minimum atomic E-state index is -1.19. The van der Waals surface area contributed by atoms with Crippen LogP contribution < -0.4 is 10.6 Å². The van der Waals surface area contributed by atoms with E-state index in [0.29, 0.717) is 38.8 Å². The van der Waals surface area contributed by atoms with E-state index in [0.717, 1.165) is 17.5 Å². The summed E-state index contributed by atoms with van der Waals surface area (Å²) in [5.41, 5.74) is 0.202. The number of carbonyl (C=O) groups is 8. The quantitative estimate of drug-likeness (QED) is 0.103. The van der Waals surface area contributed by atoms with E-state index in [-0.39, 0.29) is 57.0 Å². The Labute approximate surface area is 361 Å². The lowest BCUT2D eigenvalue weighted by Crippen LogP contribution is -2.62. The molecule has 2 saturated heterocycles. The zero-order valence-electron chi connectivity index (χ0n) is 37.9. The van der Waals surface area contributed by atoms with Crippen LogP contribution in [0.15, 0.2) is 36.9 Å². The Morgan fingerprint density at radius 3 is 2.18 bits per heavy atom. The summed E-state index contributed by atoms with van der Waals surface area (Å²) in [4.78, 5) is 113. The van der Waals surface area contributed by atoms with Gasteiger partial charge in [0.05, 0.1) is 18.6 Å². The van der Waals surface area contributed by atoms with E-state index in [9.17, 15) is 38.4 Å². The molecule has 61 heavy (non-hydrogen) atoms. The number of hydrogen-bond donors (Lipinski definition) is 2. The zero-order chi connectivity index (χ0) is 45.4. The van der Waals surface area contributed by atoms with Crippen molar-refractivity contribution in [2.75, 3.05) is 19.6 Å². The highest BCUT2D eigenvalue weighted by Gasteiger charge is 2.47. The third-order valence-corrected chi connectivity index (χ3v) is 12.1. The number of rotatable bonds is 17. The molecule has 4 rings (SSSR count). The number of hydrogen-bond acceptors (Lipinski definition) is 9. The van der Waals surface area contributed by atoms with E-state index in [2.05, 4.69) is 17.2 Å². The smallest absolute Gasteiger partial charge is 0.410 e. The highest BCUT2D eigenvalue weighted by atomic mass is 16.6. The fourth-order valence-corrected chi connectivity index (χ4v) is 8.32. The molecule has 14 nitrogen and oxygen atoms in total. The van der Waals surface area contributed by atoms with Crippen molar-refractivity contribution in [3.8, 4) is 0 Å². The average Bonchev–Trinajstić information content (AvgIpc) is 3.60. The summed E-state index contributed by atoms with van der Waals surface area (Å²) >= 11 is 0. The van der Waals surface area contributed by atoms with Crippen LogP contribution in [0.25, 0.3) is 0 Å². The zero-order valence-corrected chi connectivity index (χ0v) is 37.9. The van der Waals surface area contributed by atoms with Gasteiger partial charge in [-0.05, 0) is 46.6 Å². The van der Waals surface area contributed by atoms with E-state index >= 15 is 0 Å². The summed E-state index contributed by atoms with van der Waals surface area (Å²) in [7, 11) is 0. The van der Waals surface area contributed by atoms with E-state index in [1.807, 2.05) is 65.8 Å². The van der Waals surface area contributed by atoms with Gasteiger partial charge in [0, 0.05) is 57.7 Å². The number of unbranched alkanes of at least 4 members (excludes halogenated alkanes) is 1. The molecule has 3 aliphatic heterocycles.